The molecule has 0 spiro atoms. The number of nitrogens with zero attached hydrogens (tertiary/aromatic N) is 4. The average Bonchev–Trinajstić information content (AvgIpc) is 3.16. The summed E-state index contributed by atoms with van der Waals surface area (Å²) < 4.78 is 7.24. The Balaban J connectivity index is 1.55. The summed E-state index contributed by atoms with van der Waals surface area (Å²) in [4.78, 5) is 11.3. The van der Waals surface area contributed by atoms with Gasteiger partial charge in [0.25, 0.3) is 0 Å². The van der Waals surface area contributed by atoms with Crippen molar-refractivity contribution in [3.63, 3.8) is 0 Å². The van der Waals surface area contributed by atoms with Gasteiger partial charge in [0.15, 0.2) is 5.78 Å². The Labute approximate surface area is 167 Å². The molecular weight excluding hydrogens is 376 g/mol. The molecule has 1 heterocycles. The van der Waals surface area contributed by atoms with Gasteiger partial charge in [0, 0.05) is 11.3 Å². The maximum Gasteiger partial charge on any atom is 0.214 e. The van der Waals surface area contributed by atoms with Crippen LogP contribution < -0.4 is 4.74 Å². The predicted molar refractivity (Wildman–Crippen MR) is 107 cm³/mol. The zero-order valence-electron chi connectivity index (χ0n) is 16.0. The third-order valence-corrected chi connectivity index (χ3v) is 5.35. The molecule has 7 nitrogen and oxygen atoms in total. The molecule has 0 amide bonds. The molecule has 1 aromatic heterocycles. The number of hydrogen-bond acceptors (Lipinski definition) is 7. The van der Waals surface area contributed by atoms with Gasteiger partial charge in [-0.25, -0.2) is 0 Å². The van der Waals surface area contributed by atoms with Crippen LogP contribution in [0.1, 0.15) is 28.4 Å². The fraction of sp³-hybridized carbons (Fsp3) is 0.300. The van der Waals surface area contributed by atoms with E-state index in [1.165, 1.54) is 24.2 Å². The van der Waals surface area contributed by atoms with Gasteiger partial charge in [0.05, 0.1) is 11.8 Å². The molecule has 0 bridgehead atoms. The van der Waals surface area contributed by atoms with Crippen LogP contribution in [0, 0.1) is 13.8 Å². The molecule has 0 aliphatic carbocycles. The third-order valence-electron chi connectivity index (χ3n) is 4.28. The van der Waals surface area contributed by atoms with Crippen molar-refractivity contribution in [1.82, 2.24) is 20.2 Å². The van der Waals surface area contributed by atoms with Crippen LogP contribution >= 0.6 is 11.8 Å². The molecule has 0 aliphatic rings. The van der Waals surface area contributed by atoms with E-state index in [9.17, 15) is 9.90 Å². The van der Waals surface area contributed by atoms with E-state index in [1.54, 1.807) is 28.9 Å². The van der Waals surface area contributed by atoms with Crippen molar-refractivity contribution in [2.75, 3.05) is 12.4 Å². The van der Waals surface area contributed by atoms with Gasteiger partial charge in [-0.15, -0.1) is 5.10 Å². The second-order valence-electron chi connectivity index (χ2n) is 6.50. The number of ketones is 1. The molecule has 3 rings (SSSR count). The van der Waals surface area contributed by atoms with Gasteiger partial charge in [0.1, 0.15) is 12.4 Å². The molecule has 0 saturated heterocycles. The SMILES string of the molecule is CC(=O)c1ccc(OCC(O)CSc2nnnn2-c2ccc(C)c(C)c2)cc1. The van der Waals surface area contributed by atoms with Crippen LogP contribution in [0.5, 0.6) is 5.75 Å². The molecule has 3 aromatic rings. The molecular formula is C20H22N4O3S. The maximum absolute atomic E-state index is 11.3. The normalized spacial score (nSPS) is 12.0. The number of rotatable bonds is 8. The molecule has 28 heavy (non-hydrogen) atoms. The quantitative estimate of drug-likeness (QED) is 0.461. The van der Waals surface area contributed by atoms with Crippen LogP contribution in [0.15, 0.2) is 47.6 Å². The van der Waals surface area contributed by atoms with Crippen molar-refractivity contribution in [3.05, 3.63) is 59.2 Å². The zero-order chi connectivity index (χ0) is 20.1. The van der Waals surface area contributed by atoms with Gasteiger partial charge >= 0.3 is 0 Å². The molecule has 1 atom stereocenters. The summed E-state index contributed by atoms with van der Waals surface area (Å²) in [5, 5.41) is 22.7. The number of aliphatic hydroxyl groups is 1. The molecule has 0 saturated carbocycles. The van der Waals surface area contributed by atoms with Gasteiger partial charge in [-0.05, 0) is 78.7 Å². The minimum Gasteiger partial charge on any atom is -0.491 e. The topological polar surface area (TPSA) is 90.1 Å². The van der Waals surface area contributed by atoms with Gasteiger partial charge in [0.2, 0.25) is 5.16 Å². The average molecular weight is 398 g/mol. The minimum atomic E-state index is -0.692. The lowest BCUT2D eigenvalue weighted by Crippen LogP contribution is -2.20. The predicted octanol–water partition coefficient (Wildman–Crippen LogP) is 3.01. The van der Waals surface area contributed by atoms with Crippen LogP contribution in [0.3, 0.4) is 0 Å². The number of aryl methyl sites for hydroxylation is 2. The molecule has 0 aliphatic heterocycles. The Morgan fingerprint density at radius 2 is 1.93 bits per heavy atom. The van der Waals surface area contributed by atoms with Gasteiger partial charge < -0.3 is 9.84 Å². The number of tetrazole rings is 1. The van der Waals surface area contributed by atoms with Crippen molar-refractivity contribution in [2.24, 2.45) is 0 Å². The Morgan fingerprint density at radius 3 is 2.61 bits per heavy atom. The summed E-state index contributed by atoms with van der Waals surface area (Å²) in [6.45, 7) is 5.75. The van der Waals surface area contributed by atoms with E-state index in [-0.39, 0.29) is 12.4 Å². The number of ether oxygens (including phenoxy) is 1. The fourth-order valence-corrected chi connectivity index (χ4v) is 3.28. The lowest BCUT2D eigenvalue weighted by Gasteiger charge is -2.12. The first kappa shape index (κ1) is 20.0. The first-order valence-corrected chi connectivity index (χ1v) is 9.83. The van der Waals surface area contributed by atoms with Crippen molar-refractivity contribution in [2.45, 2.75) is 32.0 Å². The number of aliphatic hydroxyl groups excluding tert-OH is 1. The molecule has 0 radical (unpaired) electrons. The number of carbonyl (C=O) groups is 1. The van der Waals surface area contributed by atoms with E-state index in [4.69, 9.17) is 4.74 Å². The number of thioether (sulfide) groups is 1. The number of aromatic nitrogens is 4. The smallest absolute Gasteiger partial charge is 0.214 e. The number of Topliss-reactive ketones (excluding diaryl/α,β-unsaturated/α-hetero) is 1. The van der Waals surface area contributed by atoms with E-state index >= 15 is 0 Å². The Kier molecular flexibility index (Phi) is 6.43. The minimum absolute atomic E-state index is 0.00414. The first-order chi connectivity index (χ1) is 13.4. The number of benzene rings is 2. The third kappa shape index (κ3) is 4.96. The number of hydrogen-bond donors (Lipinski definition) is 1. The van der Waals surface area contributed by atoms with Crippen molar-refractivity contribution >= 4 is 17.5 Å². The highest BCUT2D eigenvalue weighted by Crippen LogP contribution is 2.21. The first-order valence-electron chi connectivity index (χ1n) is 8.84. The highest BCUT2D eigenvalue weighted by Gasteiger charge is 2.13. The molecule has 1 unspecified atom stereocenters. The van der Waals surface area contributed by atoms with E-state index in [1.807, 2.05) is 25.1 Å². The lowest BCUT2D eigenvalue weighted by atomic mass is 10.1. The monoisotopic (exact) mass is 398 g/mol. The van der Waals surface area contributed by atoms with Gasteiger partial charge in [-0.3, -0.25) is 4.79 Å². The van der Waals surface area contributed by atoms with Gasteiger partial charge in [-0.1, -0.05) is 17.8 Å². The zero-order valence-corrected chi connectivity index (χ0v) is 16.8. The summed E-state index contributed by atoms with van der Waals surface area (Å²) in [6, 6.07) is 12.9. The van der Waals surface area contributed by atoms with E-state index < -0.39 is 6.10 Å². The second-order valence-corrected chi connectivity index (χ2v) is 7.49. The maximum atomic E-state index is 11.3. The fourth-order valence-electron chi connectivity index (χ4n) is 2.49. The van der Waals surface area contributed by atoms with Crippen molar-refractivity contribution in [1.29, 1.82) is 0 Å². The largest absolute Gasteiger partial charge is 0.491 e. The summed E-state index contributed by atoms with van der Waals surface area (Å²) in [7, 11) is 0. The Hall–Kier alpha value is -2.71. The molecule has 0 fully saturated rings. The Morgan fingerprint density at radius 1 is 1.18 bits per heavy atom. The van der Waals surface area contributed by atoms with E-state index in [0.717, 1.165) is 11.3 Å². The van der Waals surface area contributed by atoms with Crippen LogP contribution in [-0.2, 0) is 0 Å². The summed E-state index contributed by atoms with van der Waals surface area (Å²) in [5.74, 6) is 0.995. The van der Waals surface area contributed by atoms with Crippen LogP contribution in [0.2, 0.25) is 0 Å². The van der Waals surface area contributed by atoms with Crippen LogP contribution in [-0.4, -0.2) is 49.6 Å². The second kappa shape index (κ2) is 8.99. The molecule has 146 valence electrons. The van der Waals surface area contributed by atoms with Crippen LogP contribution in [0.25, 0.3) is 5.69 Å². The van der Waals surface area contributed by atoms with E-state index in [2.05, 4.69) is 22.4 Å². The summed E-state index contributed by atoms with van der Waals surface area (Å²) in [6.07, 6.45) is -0.692. The molecule has 8 heteroatoms. The summed E-state index contributed by atoms with van der Waals surface area (Å²) >= 11 is 1.36. The standard InChI is InChI=1S/C20H22N4O3S/c1-13-4-7-17(10-14(13)2)24-20(21-22-23-24)28-12-18(26)11-27-19-8-5-16(6-9-19)15(3)25/h4-10,18,26H,11-12H2,1-3H3. The molecule has 2 aromatic carbocycles. The van der Waals surface area contributed by atoms with Crippen molar-refractivity contribution < 1.29 is 14.6 Å². The highest BCUT2D eigenvalue weighted by molar-refractivity contribution is 7.99. The number of carbonyl (C=O) groups excluding carboxylic acids is 1. The van der Waals surface area contributed by atoms with Gasteiger partial charge in [-0.2, -0.15) is 4.68 Å². The van der Waals surface area contributed by atoms with Crippen molar-refractivity contribution in [3.8, 4) is 11.4 Å². The lowest BCUT2D eigenvalue weighted by molar-refractivity contribution is 0.101. The Bertz CT molecular complexity index is 956. The highest BCUT2D eigenvalue weighted by atomic mass is 32.2. The van der Waals surface area contributed by atoms with Crippen LogP contribution in [0.4, 0.5) is 0 Å². The van der Waals surface area contributed by atoms with E-state index in [0.29, 0.717) is 22.2 Å². The molecule has 1 N–H and O–H groups in total. The summed E-state index contributed by atoms with van der Waals surface area (Å²) in [5.41, 5.74) is 3.87.